The van der Waals surface area contributed by atoms with E-state index in [1.807, 2.05) is 37.3 Å². The molecule has 1 aliphatic heterocycles. The summed E-state index contributed by atoms with van der Waals surface area (Å²) >= 11 is 6.01. The van der Waals surface area contributed by atoms with Crippen molar-refractivity contribution < 1.29 is 9.53 Å². The van der Waals surface area contributed by atoms with Gasteiger partial charge in [-0.25, -0.2) is 0 Å². The van der Waals surface area contributed by atoms with Crippen molar-refractivity contribution >= 4 is 23.1 Å². The highest BCUT2D eigenvalue weighted by molar-refractivity contribution is 6.30. The minimum Gasteiger partial charge on any atom is -0.482 e. The molecule has 1 aliphatic rings. The van der Waals surface area contributed by atoms with Crippen LogP contribution < -0.4 is 10.5 Å². The van der Waals surface area contributed by atoms with Crippen LogP contribution in [0.2, 0.25) is 5.02 Å². The lowest BCUT2D eigenvalue weighted by atomic mass is 9.94. The Balaban J connectivity index is 2.01. The van der Waals surface area contributed by atoms with Gasteiger partial charge in [-0.2, -0.15) is 0 Å². The number of Topliss-reactive ketones (excluding diaryl/α,β-unsaturated/α-hetero) is 1. The van der Waals surface area contributed by atoms with Crippen LogP contribution in [0.1, 0.15) is 40.9 Å². The van der Waals surface area contributed by atoms with Crippen LogP contribution in [0.5, 0.6) is 5.75 Å². The van der Waals surface area contributed by atoms with Crippen molar-refractivity contribution in [1.82, 2.24) is 0 Å². The number of carbonyl (C=O) groups excluding carboxylic acids is 1. The van der Waals surface area contributed by atoms with Gasteiger partial charge in [-0.05, 0) is 41.8 Å². The van der Waals surface area contributed by atoms with Crippen molar-refractivity contribution in [3.63, 3.8) is 0 Å². The van der Waals surface area contributed by atoms with Crippen molar-refractivity contribution in [3.05, 3.63) is 58.1 Å². The van der Waals surface area contributed by atoms with Gasteiger partial charge >= 0.3 is 0 Å². The average Bonchev–Trinajstić information content (AvgIpc) is 2.47. The summed E-state index contributed by atoms with van der Waals surface area (Å²) in [5.74, 6) is 0.552. The van der Waals surface area contributed by atoms with Crippen LogP contribution in [0.3, 0.4) is 0 Å². The molecule has 1 atom stereocenters. The minimum absolute atomic E-state index is 0.0585. The van der Waals surface area contributed by atoms with Crippen molar-refractivity contribution in [2.75, 3.05) is 5.73 Å². The molecule has 0 saturated carbocycles. The number of ether oxygens (including phenoxy) is 1. The first-order valence-corrected chi connectivity index (χ1v) is 7.34. The fourth-order valence-electron chi connectivity index (χ4n) is 2.61. The van der Waals surface area contributed by atoms with E-state index in [4.69, 9.17) is 22.1 Å². The van der Waals surface area contributed by atoms with Crippen LogP contribution in [-0.2, 0) is 6.42 Å². The van der Waals surface area contributed by atoms with E-state index in [1.165, 1.54) is 0 Å². The van der Waals surface area contributed by atoms with Gasteiger partial charge in [0.1, 0.15) is 6.10 Å². The maximum Gasteiger partial charge on any atom is 0.170 e. The van der Waals surface area contributed by atoms with Gasteiger partial charge in [0.25, 0.3) is 0 Å². The van der Waals surface area contributed by atoms with Gasteiger partial charge in [-0.1, -0.05) is 30.7 Å². The van der Waals surface area contributed by atoms with E-state index in [-0.39, 0.29) is 11.9 Å². The predicted octanol–water partition coefficient (Wildman–Crippen LogP) is 4.19. The zero-order valence-electron chi connectivity index (χ0n) is 11.7. The quantitative estimate of drug-likeness (QED) is 0.846. The summed E-state index contributed by atoms with van der Waals surface area (Å²) in [5.41, 5.74) is 9.09. The zero-order valence-corrected chi connectivity index (χ0v) is 12.5. The third-order valence-corrected chi connectivity index (χ3v) is 3.97. The second-order valence-electron chi connectivity index (χ2n) is 5.20. The van der Waals surface area contributed by atoms with E-state index < -0.39 is 0 Å². The molecule has 2 aromatic carbocycles. The normalized spacial score (nSPS) is 17.2. The van der Waals surface area contributed by atoms with Gasteiger partial charge in [-0.3, -0.25) is 4.79 Å². The van der Waals surface area contributed by atoms with Crippen LogP contribution in [0.15, 0.2) is 36.4 Å². The van der Waals surface area contributed by atoms with E-state index in [1.54, 1.807) is 6.07 Å². The second kappa shape index (κ2) is 5.41. The Kier molecular flexibility index (Phi) is 3.60. The standard InChI is InChI=1S/C17H16ClNO2/c1-2-10-6-13-15(20)9-16(21-17(13)14(19)7-10)11-4-3-5-12(18)8-11/h3-8,16H,2,9,19H2,1H3. The van der Waals surface area contributed by atoms with E-state index in [2.05, 4.69) is 0 Å². The number of aryl methyl sites for hydroxylation is 1. The molecule has 0 aliphatic carbocycles. The molecule has 0 radical (unpaired) electrons. The van der Waals surface area contributed by atoms with Crippen molar-refractivity contribution in [3.8, 4) is 5.75 Å². The molecule has 108 valence electrons. The maximum atomic E-state index is 12.4. The number of benzene rings is 2. The molecule has 1 unspecified atom stereocenters. The lowest BCUT2D eigenvalue weighted by Crippen LogP contribution is -2.21. The largest absolute Gasteiger partial charge is 0.482 e. The number of fused-ring (bicyclic) bond motifs is 1. The van der Waals surface area contributed by atoms with E-state index >= 15 is 0 Å². The maximum absolute atomic E-state index is 12.4. The Hall–Kier alpha value is -2.00. The molecule has 0 fully saturated rings. The summed E-state index contributed by atoms with van der Waals surface area (Å²) in [7, 11) is 0. The number of rotatable bonds is 2. The van der Waals surface area contributed by atoms with Gasteiger partial charge in [-0.15, -0.1) is 0 Å². The highest BCUT2D eigenvalue weighted by atomic mass is 35.5. The third kappa shape index (κ3) is 2.61. The van der Waals surface area contributed by atoms with E-state index in [9.17, 15) is 4.79 Å². The Bertz CT molecular complexity index is 712. The lowest BCUT2D eigenvalue weighted by molar-refractivity contribution is 0.0851. The number of ketones is 1. The summed E-state index contributed by atoms with van der Waals surface area (Å²) in [6, 6.07) is 11.1. The summed E-state index contributed by atoms with van der Waals surface area (Å²) < 4.78 is 5.97. The molecular weight excluding hydrogens is 286 g/mol. The zero-order chi connectivity index (χ0) is 15.0. The lowest BCUT2D eigenvalue weighted by Gasteiger charge is -2.27. The molecule has 0 amide bonds. The molecule has 0 saturated heterocycles. The Morgan fingerprint density at radius 2 is 2.14 bits per heavy atom. The van der Waals surface area contributed by atoms with Gasteiger partial charge in [0.15, 0.2) is 11.5 Å². The molecule has 3 rings (SSSR count). The number of halogens is 1. The Labute approximate surface area is 128 Å². The molecule has 4 heteroatoms. The molecule has 2 N–H and O–H groups in total. The van der Waals surface area contributed by atoms with Crippen LogP contribution in [-0.4, -0.2) is 5.78 Å². The number of hydrogen-bond acceptors (Lipinski definition) is 3. The van der Waals surface area contributed by atoms with Crippen LogP contribution in [0.4, 0.5) is 5.69 Å². The van der Waals surface area contributed by atoms with Crippen LogP contribution in [0, 0.1) is 0 Å². The number of nitrogens with two attached hydrogens (primary N) is 1. The molecule has 2 aromatic rings. The van der Waals surface area contributed by atoms with E-state index in [0.717, 1.165) is 17.5 Å². The number of carbonyl (C=O) groups is 1. The van der Waals surface area contributed by atoms with Crippen LogP contribution in [0.25, 0.3) is 0 Å². The SMILES string of the molecule is CCc1cc(N)c2c(c1)C(=O)CC(c1cccc(Cl)c1)O2. The first kappa shape index (κ1) is 14.0. The monoisotopic (exact) mass is 301 g/mol. The van der Waals surface area contributed by atoms with Crippen molar-refractivity contribution in [2.24, 2.45) is 0 Å². The summed E-state index contributed by atoms with van der Waals surface area (Å²) in [5, 5.41) is 0.628. The molecule has 1 heterocycles. The highest BCUT2D eigenvalue weighted by Crippen LogP contribution is 2.39. The summed E-state index contributed by atoms with van der Waals surface area (Å²) in [4.78, 5) is 12.4. The second-order valence-corrected chi connectivity index (χ2v) is 5.64. The molecular formula is C17H16ClNO2. The molecule has 0 spiro atoms. The number of hydrogen-bond donors (Lipinski definition) is 1. The van der Waals surface area contributed by atoms with Gasteiger partial charge < -0.3 is 10.5 Å². The van der Waals surface area contributed by atoms with Crippen molar-refractivity contribution in [2.45, 2.75) is 25.9 Å². The van der Waals surface area contributed by atoms with Gasteiger partial charge in [0.2, 0.25) is 0 Å². The smallest absolute Gasteiger partial charge is 0.170 e. The van der Waals surface area contributed by atoms with Gasteiger partial charge in [0, 0.05) is 5.02 Å². The Morgan fingerprint density at radius 1 is 1.33 bits per heavy atom. The third-order valence-electron chi connectivity index (χ3n) is 3.74. The first-order chi connectivity index (χ1) is 10.1. The highest BCUT2D eigenvalue weighted by Gasteiger charge is 2.29. The summed E-state index contributed by atoms with van der Waals surface area (Å²) in [6.45, 7) is 2.03. The van der Waals surface area contributed by atoms with Crippen molar-refractivity contribution in [1.29, 1.82) is 0 Å². The number of nitrogen functional groups attached to an aromatic ring is 1. The Morgan fingerprint density at radius 3 is 2.86 bits per heavy atom. The fourth-order valence-corrected chi connectivity index (χ4v) is 2.81. The predicted molar refractivity (Wildman–Crippen MR) is 84.0 cm³/mol. The first-order valence-electron chi connectivity index (χ1n) is 6.96. The molecule has 3 nitrogen and oxygen atoms in total. The van der Waals surface area contributed by atoms with Gasteiger partial charge in [0.05, 0.1) is 17.7 Å². The minimum atomic E-state index is -0.335. The summed E-state index contributed by atoms with van der Waals surface area (Å²) in [6.07, 6.45) is 0.807. The van der Waals surface area contributed by atoms with Crippen LogP contribution >= 0.6 is 11.6 Å². The molecule has 0 aromatic heterocycles. The average molecular weight is 302 g/mol. The topological polar surface area (TPSA) is 52.3 Å². The number of anilines is 1. The van der Waals surface area contributed by atoms with E-state index in [0.29, 0.717) is 28.4 Å². The molecule has 0 bridgehead atoms. The fraction of sp³-hybridized carbons (Fsp3) is 0.235. The molecule has 21 heavy (non-hydrogen) atoms.